The van der Waals surface area contributed by atoms with Gasteiger partial charge in [-0.05, 0) is 176 Å². The van der Waals surface area contributed by atoms with Crippen molar-refractivity contribution in [2.75, 3.05) is 29.0 Å². The topological polar surface area (TPSA) is 175 Å². The average Bonchev–Trinajstić information content (AvgIpc) is 3.70. The molecule has 384 valence electrons. The number of hydrogen-bond donors (Lipinski definition) is 5. The van der Waals surface area contributed by atoms with E-state index in [0.29, 0.717) is 63.5 Å². The van der Waals surface area contributed by atoms with E-state index < -0.39 is 28.2 Å². The normalized spacial score (nSPS) is 28.4. The first-order chi connectivity index (χ1) is 33.9. The summed E-state index contributed by atoms with van der Waals surface area (Å²) in [6, 6.07) is 31.8. The van der Waals surface area contributed by atoms with Crippen LogP contribution in [-0.4, -0.2) is 73.3 Å². The van der Waals surface area contributed by atoms with Gasteiger partial charge in [0.2, 0.25) is 15.9 Å². The summed E-state index contributed by atoms with van der Waals surface area (Å²) in [5, 5.41) is 36.2. The smallest absolute Gasteiger partial charge is 0.303 e. The lowest BCUT2D eigenvalue weighted by molar-refractivity contribution is -0.209. The summed E-state index contributed by atoms with van der Waals surface area (Å²) in [6.07, 6.45) is 9.24. The van der Waals surface area contributed by atoms with Gasteiger partial charge < -0.3 is 35.0 Å². The number of fused-ring (bicyclic) bond motifs is 5. The molecule has 11 atom stereocenters. The predicted octanol–water partition coefficient (Wildman–Crippen LogP) is 10.3. The van der Waals surface area contributed by atoms with Crippen LogP contribution in [0.2, 0.25) is 0 Å². The number of amides is 1. The SMILES string of the molecule is Cc1c(NS(C)(=O)=O)cccc1N(Cc1ccc(CCCC(=O)NCCO[C@@H]2CC[C@]3(C)[C@H](C2)C[C@H](O)[C@@H]2[C@@H]3C[C@@H](O)[C@]3(C)[C@H]2CC[C@H]3[C@@H](C)CCC(=O)O)cc1)Cc1ccc(Oc2ccccc2)cc1. The molecule has 1 amide bonds. The second-order valence-electron chi connectivity index (χ2n) is 22.0. The van der Waals surface area contributed by atoms with Crippen molar-refractivity contribution >= 4 is 33.3 Å². The van der Waals surface area contributed by atoms with Gasteiger partial charge in [-0.15, -0.1) is 0 Å². The van der Waals surface area contributed by atoms with Gasteiger partial charge in [0.15, 0.2) is 0 Å². The Morgan fingerprint density at radius 3 is 2.18 bits per heavy atom. The molecule has 0 unspecified atom stereocenters. The van der Waals surface area contributed by atoms with Crippen molar-refractivity contribution in [3.8, 4) is 11.5 Å². The minimum atomic E-state index is -3.47. The molecule has 12 nitrogen and oxygen atoms in total. The quantitative estimate of drug-likeness (QED) is 0.0506. The van der Waals surface area contributed by atoms with E-state index in [-0.39, 0.29) is 58.9 Å². The van der Waals surface area contributed by atoms with Crippen molar-refractivity contribution in [3.63, 3.8) is 0 Å². The Balaban J connectivity index is 0.789. The molecule has 0 radical (unpaired) electrons. The largest absolute Gasteiger partial charge is 0.481 e. The number of aliphatic hydroxyl groups excluding tert-OH is 2. The first kappa shape index (κ1) is 52.4. The van der Waals surface area contributed by atoms with Gasteiger partial charge in [-0.3, -0.25) is 14.3 Å². The molecule has 4 aromatic carbocycles. The fraction of sp³-hybridized carbons (Fsp3) is 0.552. The molecule has 71 heavy (non-hydrogen) atoms. The summed E-state index contributed by atoms with van der Waals surface area (Å²) in [4.78, 5) is 26.5. The number of hydrogen-bond acceptors (Lipinski definition) is 9. The monoisotopic (exact) mass is 992 g/mol. The zero-order valence-corrected chi connectivity index (χ0v) is 43.2. The van der Waals surface area contributed by atoms with E-state index in [0.717, 1.165) is 90.6 Å². The minimum Gasteiger partial charge on any atom is -0.481 e. The molecule has 0 saturated heterocycles. The third-order valence-corrected chi connectivity index (χ3v) is 18.2. The number of nitrogens with one attached hydrogen (secondary N) is 2. The predicted molar refractivity (Wildman–Crippen MR) is 279 cm³/mol. The van der Waals surface area contributed by atoms with Crippen LogP contribution >= 0.6 is 0 Å². The molecule has 8 rings (SSSR count). The zero-order valence-electron chi connectivity index (χ0n) is 42.4. The third kappa shape index (κ3) is 12.3. The maximum Gasteiger partial charge on any atom is 0.303 e. The molecular formula is C58H77N3O9S. The van der Waals surface area contributed by atoms with E-state index in [2.05, 4.69) is 72.1 Å². The minimum absolute atomic E-state index is 0.00874. The fourth-order valence-electron chi connectivity index (χ4n) is 13.8. The molecule has 4 fully saturated rings. The molecule has 4 aliphatic carbocycles. The van der Waals surface area contributed by atoms with Crippen LogP contribution in [0.1, 0.15) is 114 Å². The van der Waals surface area contributed by atoms with Crippen molar-refractivity contribution in [3.05, 3.63) is 119 Å². The van der Waals surface area contributed by atoms with Gasteiger partial charge in [-0.1, -0.05) is 81.4 Å². The number of anilines is 2. The first-order valence-electron chi connectivity index (χ1n) is 26.1. The average molecular weight is 992 g/mol. The van der Waals surface area contributed by atoms with E-state index in [1.165, 1.54) is 0 Å². The molecule has 0 aliphatic heterocycles. The van der Waals surface area contributed by atoms with Crippen molar-refractivity contribution in [1.82, 2.24) is 5.32 Å². The van der Waals surface area contributed by atoms with Crippen LogP contribution in [-0.2, 0) is 43.9 Å². The van der Waals surface area contributed by atoms with Gasteiger partial charge in [-0.2, -0.15) is 0 Å². The van der Waals surface area contributed by atoms with Crippen LogP contribution in [0, 0.1) is 53.3 Å². The van der Waals surface area contributed by atoms with Crippen LogP contribution in [0.25, 0.3) is 0 Å². The maximum atomic E-state index is 12.9. The molecule has 4 aromatic rings. The molecule has 0 heterocycles. The Hall–Kier alpha value is -4.95. The molecule has 4 saturated carbocycles. The van der Waals surface area contributed by atoms with E-state index in [4.69, 9.17) is 9.47 Å². The van der Waals surface area contributed by atoms with Crippen LogP contribution < -0.4 is 19.7 Å². The number of rotatable bonds is 21. The number of aryl methyl sites for hydroxylation is 1. The van der Waals surface area contributed by atoms with Crippen LogP contribution in [0.15, 0.2) is 97.1 Å². The molecule has 0 aromatic heterocycles. The number of nitrogens with zero attached hydrogens (tertiary/aromatic N) is 1. The number of carbonyl (C=O) groups is 2. The van der Waals surface area contributed by atoms with Gasteiger partial charge in [0, 0.05) is 38.2 Å². The van der Waals surface area contributed by atoms with Crippen LogP contribution in [0.3, 0.4) is 0 Å². The number of sulfonamides is 1. The highest BCUT2D eigenvalue weighted by atomic mass is 32.2. The second kappa shape index (κ2) is 22.4. The summed E-state index contributed by atoms with van der Waals surface area (Å²) >= 11 is 0. The van der Waals surface area contributed by atoms with Crippen molar-refractivity contribution in [2.24, 2.45) is 46.3 Å². The van der Waals surface area contributed by atoms with Crippen molar-refractivity contribution < 1.29 is 42.8 Å². The van der Waals surface area contributed by atoms with Crippen LogP contribution in [0.5, 0.6) is 11.5 Å². The Bertz CT molecular complexity index is 2540. The summed E-state index contributed by atoms with van der Waals surface area (Å²) in [7, 11) is -3.47. The first-order valence-corrected chi connectivity index (χ1v) is 28.0. The number of para-hydroxylation sites is 1. The van der Waals surface area contributed by atoms with Crippen molar-refractivity contribution in [1.29, 1.82) is 0 Å². The Morgan fingerprint density at radius 2 is 1.49 bits per heavy atom. The standard InChI is InChI=1S/C58H77N3O9S/c1-38(17-28-55(65)66)47-26-27-48-56-49(35-53(63)58(47,48)4)57(3)30-29-46(33-43(57)34-52(56)62)69-32-31-59-54(64)16-9-11-40-18-20-41(21-19-40)36-61(51-15-10-14-50(39(51)2)60-71(5,67)68)37-42-22-24-45(25-23-42)70-44-12-7-6-8-13-44/h6-8,10,12-15,18-25,38,43,46-49,52-53,56,60,62-63H,9,11,16-17,26-37H2,1-5H3,(H,59,64)(H,65,66)/t38-,43+,46+,47-,48-,49-,52-,53+,56-,57+,58-/m0/s1. The molecule has 13 heteroatoms. The maximum absolute atomic E-state index is 12.9. The Kier molecular flexibility index (Phi) is 16.6. The lowest BCUT2D eigenvalue weighted by Crippen LogP contribution is -2.62. The number of carboxylic acid groups (broad SMARTS) is 1. The highest BCUT2D eigenvalue weighted by Gasteiger charge is 2.65. The highest BCUT2D eigenvalue weighted by molar-refractivity contribution is 7.92. The number of aliphatic hydroxyl groups is 2. The zero-order chi connectivity index (χ0) is 50.5. The fourth-order valence-corrected chi connectivity index (χ4v) is 14.4. The van der Waals surface area contributed by atoms with E-state index >= 15 is 0 Å². The number of aliphatic carboxylic acids is 1. The van der Waals surface area contributed by atoms with Gasteiger partial charge in [0.1, 0.15) is 11.5 Å². The molecule has 0 bridgehead atoms. The highest BCUT2D eigenvalue weighted by Crippen LogP contribution is 2.68. The summed E-state index contributed by atoms with van der Waals surface area (Å²) in [5.41, 5.74) is 5.33. The van der Waals surface area contributed by atoms with Gasteiger partial charge in [0.25, 0.3) is 0 Å². The van der Waals surface area contributed by atoms with E-state index in [1.54, 1.807) is 6.07 Å². The molecule has 0 spiro atoms. The Labute approximate surface area is 422 Å². The lowest BCUT2D eigenvalue weighted by atomic mass is 9.43. The molecule has 4 aliphatic rings. The summed E-state index contributed by atoms with van der Waals surface area (Å²) in [5.74, 6) is 2.16. The summed E-state index contributed by atoms with van der Waals surface area (Å²) < 4.78 is 39.5. The van der Waals surface area contributed by atoms with Gasteiger partial charge in [0.05, 0.1) is 36.9 Å². The van der Waals surface area contributed by atoms with E-state index in [9.17, 15) is 33.3 Å². The summed E-state index contributed by atoms with van der Waals surface area (Å²) in [6.45, 7) is 10.8. The Morgan fingerprint density at radius 1 is 0.817 bits per heavy atom. The second-order valence-corrected chi connectivity index (χ2v) is 23.8. The third-order valence-electron chi connectivity index (χ3n) is 17.6. The molecular weight excluding hydrogens is 915 g/mol. The van der Waals surface area contributed by atoms with Gasteiger partial charge in [-0.25, -0.2) is 8.42 Å². The number of carbonyl (C=O) groups excluding carboxylic acids is 1. The van der Waals surface area contributed by atoms with E-state index in [1.807, 2.05) is 61.5 Å². The number of ether oxygens (including phenoxy) is 2. The van der Waals surface area contributed by atoms with Crippen molar-refractivity contribution in [2.45, 2.75) is 136 Å². The molecule has 5 N–H and O–H groups in total. The number of carboxylic acids is 1. The lowest BCUT2D eigenvalue weighted by Gasteiger charge is -2.63. The van der Waals surface area contributed by atoms with Gasteiger partial charge >= 0.3 is 5.97 Å². The van der Waals surface area contributed by atoms with Crippen LogP contribution in [0.4, 0.5) is 11.4 Å². The number of benzene rings is 4.